The molecule has 2 aromatic heterocycles. The molecular formula is C23H24ClFN5O3+. The van der Waals surface area contributed by atoms with Gasteiger partial charge in [0.2, 0.25) is 0 Å². The first-order valence-corrected chi connectivity index (χ1v) is 10.8. The Morgan fingerprint density at radius 2 is 2.03 bits per heavy atom. The summed E-state index contributed by atoms with van der Waals surface area (Å²) in [5.74, 6) is -0.291. The monoisotopic (exact) mass is 472 g/mol. The van der Waals surface area contributed by atoms with Gasteiger partial charge in [-0.3, -0.25) is 19.1 Å². The van der Waals surface area contributed by atoms with Crippen molar-refractivity contribution in [3.8, 4) is 11.1 Å². The number of carbonyl (C=O) groups excluding carboxylic acids is 1. The fourth-order valence-corrected chi connectivity index (χ4v) is 3.98. The molecule has 3 heterocycles. The lowest BCUT2D eigenvalue weighted by Gasteiger charge is -2.20. The smallest absolute Gasteiger partial charge is 0.260 e. The molecule has 10 heteroatoms. The number of benzene rings is 1. The second-order valence-corrected chi connectivity index (χ2v) is 8.36. The molecule has 1 aliphatic rings. The van der Waals surface area contributed by atoms with Crippen molar-refractivity contribution in [2.24, 2.45) is 0 Å². The summed E-state index contributed by atoms with van der Waals surface area (Å²) >= 11 is 6.07. The molecule has 33 heavy (non-hydrogen) atoms. The van der Waals surface area contributed by atoms with Gasteiger partial charge in [-0.05, 0) is 37.3 Å². The zero-order valence-electron chi connectivity index (χ0n) is 18.2. The van der Waals surface area contributed by atoms with Crippen molar-refractivity contribution < 1.29 is 14.3 Å². The summed E-state index contributed by atoms with van der Waals surface area (Å²) in [5.41, 5.74) is 1.26. The maximum atomic E-state index is 14.6. The van der Waals surface area contributed by atoms with Gasteiger partial charge in [-0.15, -0.1) is 0 Å². The van der Waals surface area contributed by atoms with Crippen LogP contribution in [0.2, 0.25) is 5.02 Å². The highest BCUT2D eigenvalue weighted by atomic mass is 35.5. The lowest BCUT2D eigenvalue weighted by atomic mass is 10.1. The number of rotatable bonds is 6. The highest BCUT2D eigenvalue weighted by Crippen LogP contribution is 2.35. The first kappa shape index (κ1) is 22.8. The average molecular weight is 473 g/mol. The summed E-state index contributed by atoms with van der Waals surface area (Å²) in [6.07, 6.45) is 2.98. The summed E-state index contributed by atoms with van der Waals surface area (Å²) in [7, 11) is 1.86. The Hall–Kier alpha value is -3.43. The normalized spacial score (nSPS) is 13.5. The van der Waals surface area contributed by atoms with Crippen molar-refractivity contribution in [2.45, 2.75) is 19.5 Å². The first-order valence-electron chi connectivity index (χ1n) is 10.4. The molecule has 3 aromatic rings. The van der Waals surface area contributed by atoms with Crippen LogP contribution in [0.5, 0.6) is 0 Å². The fraction of sp³-hybridized carbons (Fsp3) is 0.261. The van der Waals surface area contributed by atoms with Crippen LogP contribution in [0.25, 0.3) is 11.1 Å². The molecule has 1 amide bonds. The minimum atomic E-state index is -0.553. The van der Waals surface area contributed by atoms with Crippen LogP contribution in [-0.4, -0.2) is 46.8 Å². The van der Waals surface area contributed by atoms with Crippen LogP contribution >= 0.6 is 11.6 Å². The number of hydrogen-bond donors (Lipinski definition) is 2. The summed E-state index contributed by atoms with van der Waals surface area (Å²) < 4.78 is 16.2. The number of hydrogen-bond acceptors (Lipinski definition) is 5. The molecule has 4 rings (SSSR count). The number of likely N-dealkylation sites (N-methyl/N-ethyl adjacent to an activating group) is 1. The second-order valence-electron chi connectivity index (χ2n) is 7.92. The van der Waals surface area contributed by atoms with Gasteiger partial charge < -0.3 is 20.6 Å². The summed E-state index contributed by atoms with van der Waals surface area (Å²) in [4.78, 5) is 31.9. The van der Waals surface area contributed by atoms with E-state index in [0.29, 0.717) is 40.9 Å². The Bertz CT molecular complexity index is 1280. The van der Waals surface area contributed by atoms with E-state index < -0.39 is 5.82 Å². The van der Waals surface area contributed by atoms with E-state index in [9.17, 15) is 14.0 Å². The summed E-state index contributed by atoms with van der Waals surface area (Å²) in [5, 5.41) is 13.8. The van der Waals surface area contributed by atoms with Crippen LogP contribution in [0.15, 0.2) is 47.5 Å². The number of pyridine rings is 2. The fourth-order valence-electron chi connectivity index (χ4n) is 3.80. The zero-order valence-corrected chi connectivity index (χ0v) is 18.9. The van der Waals surface area contributed by atoms with Gasteiger partial charge in [0.1, 0.15) is 11.6 Å². The van der Waals surface area contributed by atoms with Gasteiger partial charge in [0.05, 0.1) is 28.5 Å². The number of amides is 1. The van der Waals surface area contributed by atoms with Crippen molar-refractivity contribution >= 4 is 34.7 Å². The third-order valence-electron chi connectivity index (χ3n) is 5.52. The topological polar surface area (TPSA) is 102 Å². The van der Waals surface area contributed by atoms with Crippen molar-refractivity contribution in [1.82, 2.24) is 14.9 Å². The summed E-state index contributed by atoms with van der Waals surface area (Å²) in [6, 6.07) is 6.99. The quantitative estimate of drug-likeness (QED) is 0.537. The molecule has 1 atom stereocenters. The third-order valence-corrected chi connectivity index (χ3v) is 5.75. The molecule has 0 saturated heterocycles. The van der Waals surface area contributed by atoms with Crippen LogP contribution in [0.1, 0.15) is 17.3 Å². The molecule has 0 radical (unpaired) electrons. The number of carbonyl (C=O) groups is 1. The van der Waals surface area contributed by atoms with Gasteiger partial charge in [0, 0.05) is 43.1 Å². The van der Waals surface area contributed by atoms with Crippen LogP contribution in [0.4, 0.5) is 21.6 Å². The largest absolute Gasteiger partial charge is 0.444 e. The van der Waals surface area contributed by atoms with E-state index in [2.05, 4.69) is 15.6 Å². The standard InChI is InChI=1S/C23H23ClFN5O3/c1-13(12-31)27-21(32)17-11-26-6-5-19(17)28-20-10-16(15-9-14(24)3-4-18(15)25)23(33)30-8-7-29(2)22(20)30/h3-6,9-11,13,31H,7-8,12H2,1-2H3,(H,26,28)(H,27,32)/p+1/t13-/m0/s1. The minimum Gasteiger partial charge on any atom is -0.444 e. The molecule has 172 valence electrons. The van der Waals surface area contributed by atoms with Gasteiger partial charge in [-0.1, -0.05) is 11.6 Å². The third kappa shape index (κ3) is 4.42. The molecule has 0 saturated carbocycles. The molecule has 1 aliphatic heterocycles. The van der Waals surface area contributed by atoms with Gasteiger partial charge in [-0.2, -0.15) is 0 Å². The number of aromatic nitrogens is 2. The van der Waals surface area contributed by atoms with Crippen LogP contribution in [-0.2, 0) is 6.54 Å². The predicted molar refractivity (Wildman–Crippen MR) is 127 cm³/mol. The average Bonchev–Trinajstić information content (AvgIpc) is 3.20. The number of anilines is 3. The van der Waals surface area contributed by atoms with Crippen molar-refractivity contribution in [1.29, 1.82) is 0 Å². The van der Waals surface area contributed by atoms with E-state index >= 15 is 0 Å². The van der Waals surface area contributed by atoms with E-state index in [1.165, 1.54) is 24.4 Å². The number of fused-ring (bicyclic) bond motifs is 1. The molecule has 4 N–H and O–H groups in total. The molecular weight excluding hydrogens is 449 g/mol. The maximum Gasteiger partial charge on any atom is 0.260 e. The Labute approximate surface area is 194 Å². The van der Waals surface area contributed by atoms with Gasteiger partial charge in [0.15, 0.2) is 6.61 Å². The van der Waals surface area contributed by atoms with E-state index in [-0.39, 0.29) is 35.2 Å². The highest BCUT2D eigenvalue weighted by molar-refractivity contribution is 6.30. The molecule has 0 aliphatic carbocycles. The van der Waals surface area contributed by atoms with Crippen LogP contribution in [0.3, 0.4) is 0 Å². The van der Waals surface area contributed by atoms with E-state index in [0.717, 1.165) is 0 Å². The SMILES string of the molecule is C[C@@H](C[OH2+])NC(=O)c1cnccc1Nc1cc(-c2cc(Cl)ccc2F)c(=O)n2c1N(C)CC2. The molecule has 0 bridgehead atoms. The van der Waals surface area contributed by atoms with E-state index in [1.807, 2.05) is 11.9 Å². The summed E-state index contributed by atoms with van der Waals surface area (Å²) in [6.45, 7) is 2.84. The van der Waals surface area contributed by atoms with Gasteiger partial charge in [-0.25, -0.2) is 4.39 Å². The molecule has 8 nitrogen and oxygen atoms in total. The highest BCUT2D eigenvalue weighted by Gasteiger charge is 2.26. The van der Waals surface area contributed by atoms with Gasteiger partial charge in [0.25, 0.3) is 11.5 Å². The van der Waals surface area contributed by atoms with Crippen LogP contribution in [0, 0.1) is 5.82 Å². The second kappa shape index (κ2) is 9.21. The van der Waals surface area contributed by atoms with Crippen molar-refractivity contribution in [2.75, 3.05) is 30.4 Å². The molecule has 0 unspecified atom stereocenters. The molecule has 0 fully saturated rings. The van der Waals surface area contributed by atoms with Gasteiger partial charge >= 0.3 is 0 Å². The Kier molecular flexibility index (Phi) is 6.35. The Balaban J connectivity index is 1.83. The Morgan fingerprint density at radius 3 is 2.79 bits per heavy atom. The van der Waals surface area contributed by atoms with E-state index in [4.69, 9.17) is 16.7 Å². The first-order chi connectivity index (χ1) is 15.8. The number of nitrogens with zero attached hydrogens (tertiary/aromatic N) is 3. The minimum absolute atomic E-state index is 0.0449. The Morgan fingerprint density at radius 1 is 1.24 bits per heavy atom. The predicted octanol–water partition coefficient (Wildman–Crippen LogP) is 2.74. The van der Waals surface area contributed by atoms with Crippen molar-refractivity contribution in [3.63, 3.8) is 0 Å². The zero-order chi connectivity index (χ0) is 23.7. The van der Waals surface area contributed by atoms with Crippen molar-refractivity contribution in [3.05, 3.63) is 69.5 Å². The maximum absolute atomic E-state index is 14.6. The van der Waals surface area contributed by atoms with Crippen LogP contribution < -0.4 is 21.1 Å². The molecule has 1 aromatic carbocycles. The number of halogens is 2. The van der Waals surface area contributed by atoms with E-state index in [1.54, 1.807) is 29.8 Å². The number of nitrogens with one attached hydrogen (secondary N) is 2. The lowest BCUT2D eigenvalue weighted by Crippen LogP contribution is -2.35. The molecule has 0 spiro atoms. The lowest BCUT2D eigenvalue weighted by molar-refractivity contribution is 0.0923.